The zero-order valence-electron chi connectivity index (χ0n) is 8.65. The van der Waals surface area contributed by atoms with Crippen LogP contribution >= 0.6 is 0 Å². The lowest BCUT2D eigenvalue weighted by molar-refractivity contribution is 0.0709. The molecule has 0 saturated heterocycles. The van der Waals surface area contributed by atoms with Gasteiger partial charge in [0, 0.05) is 5.56 Å². The second kappa shape index (κ2) is 3.21. The van der Waals surface area contributed by atoms with E-state index in [0.29, 0.717) is 11.3 Å². The van der Waals surface area contributed by atoms with Crippen molar-refractivity contribution in [1.29, 1.82) is 0 Å². The van der Waals surface area contributed by atoms with Crippen molar-refractivity contribution in [3.8, 4) is 0 Å². The Morgan fingerprint density at radius 2 is 1.87 bits per heavy atom. The number of ether oxygens (including phenoxy) is 1. The highest BCUT2D eigenvalue weighted by molar-refractivity contribution is 6.02. The number of hydrogen-bond acceptors (Lipinski definition) is 3. The van der Waals surface area contributed by atoms with Gasteiger partial charge in [-0.1, -0.05) is 18.2 Å². The van der Waals surface area contributed by atoms with Gasteiger partial charge in [0.25, 0.3) is 0 Å². The van der Waals surface area contributed by atoms with Crippen molar-refractivity contribution < 1.29 is 14.6 Å². The van der Waals surface area contributed by atoms with E-state index in [0.717, 1.165) is 5.56 Å². The lowest BCUT2D eigenvalue weighted by atomic mass is 10.0. The van der Waals surface area contributed by atoms with Crippen LogP contribution in [-0.4, -0.2) is 16.7 Å². The third-order valence-corrected chi connectivity index (χ3v) is 2.10. The summed E-state index contributed by atoms with van der Waals surface area (Å²) in [5, 5.41) is 9.62. The van der Waals surface area contributed by atoms with E-state index >= 15 is 0 Å². The van der Waals surface area contributed by atoms with E-state index in [1.165, 1.54) is 6.08 Å². The maximum Gasteiger partial charge on any atom is 0.344 e. The van der Waals surface area contributed by atoms with E-state index in [4.69, 9.17) is 4.74 Å². The quantitative estimate of drug-likeness (QED) is 0.711. The van der Waals surface area contributed by atoms with Crippen molar-refractivity contribution in [3.05, 3.63) is 41.5 Å². The Balaban J connectivity index is 2.50. The number of hydrogen-bond donors (Lipinski definition) is 1. The van der Waals surface area contributed by atoms with Crippen LogP contribution in [0.25, 0.3) is 5.76 Å². The fraction of sp³-hybridized carbons (Fsp3) is 0.250. The second-order valence-electron chi connectivity index (χ2n) is 4.10. The molecule has 1 aromatic carbocycles. The van der Waals surface area contributed by atoms with Crippen LogP contribution in [0, 0.1) is 0 Å². The van der Waals surface area contributed by atoms with Crippen LogP contribution in [-0.2, 0) is 4.74 Å². The maximum absolute atomic E-state index is 11.4. The number of aliphatic hydroxyl groups is 1. The molecule has 0 saturated carbocycles. The molecule has 0 fully saturated rings. The van der Waals surface area contributed by atoms with Crippen molar-refractivity contribution in [1.82, 2.24) is 0 Å². The maximum atomic E-state index is 11.4. The monoisotopic (exact) mass is 204 g/mol. The molecule has 1 aliphatic rings. The van der Waals surface area contributed by atoms with Gasteiger partial charge in [-0.25, -0.2) is 4.79 Å². The highest BCUT2D eigenvalue weighted by Crippen LogP contribution is 2.30. The number of rotatable bonds is 1. The molecule has 0 atom stereocenters. The Bertz CT molecular complexity index is 438. The zero-order valence-corrected chi connectivity index (χ0v) is 8.65. The van der Waals surface area contributed by atoms with Gasteiger partial charge in [0.2, 0.25) is 0 Å². The smallest absolute Gasteiger partial charge is 0.344 e. The Morgan fingerprint density at radius 3 is 2.47 bits per heavy atom. The molecule has 1 N–H and O–H groups in total. The number of fused-ring (bicyclic) bond motifs is 1. The lowest BCUT2D eigenvalue weighted by Gasteiger charge is -2.11. The van der Waals surface area contributed by atoms with Crippen LogP contribution in [0.3, 0.4) is 0 Å². The van der Waals surface area contributed by atoms with Gasteiger partial charge in [-0.15, -0.1) is 0 Å². The molecule has 1 heterocycles. The Labute approximate surface area is 88.0 Å². The Morgan fingerprint density at radius 1 is 1.27 bits per heavy atom. The molecule has 0 spiro atoms. The predicted octanol–water partition coefficient (Wildman–Crippen LogP) is 1.97. The fourth-order valence-corrected chi connectivity index (χ4v) is 1.51. The molecule has 15 heavy (non-hydrogen) atoms. The molecule has 1 aliphatic heterocycles. The highest BCUT2D eigenvalue weighted by atomic mass is 16.5. The Kier molecular flexibility index (Phi) is 2.12. The van der Waals surface area contributed by atoms with E-state index in [2.05, 4.69) is 0 Å². The summed E-state index contributed by atoms with van der Waals surface area (Å²) in [5.74, 6) is 0.0733. The van der Waals surface area contributed by atoms with E-state index in [1.807, 2.05) is 6.07 Å². The SMILES string of the molecule is CC(C)(O)/C=C1\OC(=O)c2ccccc21. The molecule has 0 radical (unpaired) electrons. The van der Waals surface area contributed by atoms with Crippen LogP contribution < -0.4 is 0 Å². The Hall–Kier alpha value is -1.61. The highest BCUT2D eigenvalue weighted by Gasteiger charge is 2.27. The van der Waals surface area contributed by atoms with E-state index in [-0.39, 0.29) is 5.97 Å². The molecule has 0 aromatic heterocycles. The summed E-state index contributed by atoms with van der Waals surface area (Å²) in [5.41, 5.74) is 0.296. The summed E-state index contributed by atoms with van der Waals surface area (Å²) < 4.78 is 5.07. The van der Waals surface area contributed by atoms with E-state index in [9.17, 15) is 9.90 Å². The molecule has 1 aromatic rings. The number of carbonyl (C=O) groups is 1. The third kappa shape index (κ3) is 1.92. The second-order valence-corrected chi connectivity index (χ2v) is 4.10. The first-order chi connectivity index (χ1) is 6.97. The molecule has 3 heteroatoms. The van der Waals surface area contributed by atoms with Gasteiger partial charge in [-0.2, -0.15) is 0 Å². The largest absolute Gasteiger partial charge is 0.422 e. The van der Waals surface area contributed by atoms with Gasteiger partial charge in [-0.05, 0) is 26.0 Å². The first-order valence-corrected chi connectivity index (χ1v) is 4.74. The summed E-state index contributed by atoms with van der Waals surface area (Å²) in [6, 6.07) is 7.13. The van der Waals surface area contributed by atoms with Crippen LogP contribution in [0.4, 0.5) is 0 Å². The fourth-order valence-electron chi connectivity index (χ4n) is 1.51. The number of benzene rings is 1. The first kappa shape index (κ1) is 9.93. The third-order valence-electron chi connectivity index (χ3n) is 2.10. The molecule has 2 rings (SSSR count). The number of cyclic esters (lactones) is 1. The molecule has 3 nitrogen and oxygen atoms in total. The molecule has 0 aliphatic carbocycles. The van der Waals surface area contributed by atoms with Crippen LogP contribution in [0.1, 0.15) is 29.8 Å². The van der Waals surface area contributed by atoms with Gasteiger partial charge >= 0.3 is 5.97 Å². The van der Waals surface area contributed by atoms with E-state index < -0.39 is 5.60 Å². The average Bonchev–Trinajstić information content (AvgIpc) is 2.42. The average molecular weight is 204 g/mol. The minimum atomic E-state index is -0.993. The summed E-state index contributed by atoms with van der Waals surface area (Å²) >= 11 is 0. The minimum absolute atomic E-state index is 0.360. The molecule has 0 unspecified atom stereocenters. The minimum Gasteiger partial charge on any atom is -0.422 e. The van der Waals surface area contributed by atoms with Crippen molar-refractivity contribution in [2.75, 3.05) is 0 Å². The zero-order chi connectivity index (χ0) is 11.1. The van der Waals surface area contributed by atoms with Crippen molar-refractivity contribution in [2.45, 2.75) is 19.4 Å². The van der Waals surface area contributed by atoms with Crippen molar-refractivity contribution in [3.63, 3.8) is 0 Å². The van der Waals surface area contributed by atoms with E-state index in [1.54, 1.807) is 32.0 Å². The summed E-state index contributed by atoms with van der Waals surface area (Å²) in [6.45, 7) is 3.27. The lowest BCUT2D eigenvalue weighted by Crippen LogP contribution is -2.14. The molecule has 78 valence electrons. The van der Waals surface area contributed by atoms with Gasteiger partial charge in [0.1, 0.15) is 5.76 Å². The standard InChI is InChI=1S/C12H12O3/c1-12(2,14)7-10-8-5-3-4-6-9(8)11(13)15-10/h3-7,14H,1-2H3/b10-7-. The van der Waals surface area contributed by atoms with Crippen LogP contribution in [0.15, 0.2) is 30.3 Å². The topological polar surface area (TPSA) is 46.5 Å². The van der Waals surface area contributed by atoms with Crippen LogP contribution in [0.5, 0.6) is 0 Å². The van der Waals surface area contributed by atoms with Crippen molar-refractivity contribution >= 4 is 11.7 Å². The summed E-state index contributed by atoms with van der Waals surface area (Å²) in [4.78, 5) is 11.4. The summed E-state index contributed by atoms with van der Waals surface area (Å²) in [6.07, 6.45) is 1.54. The number of carbonyl (C=O) groups excluding carboxylic acids is 1. The van der Waals surface area contributed by atoms with Crippen LogP contribution in [0.2, 0.25) is 0 Å². The van der Waals surface area contributed by atoms with Gasteiger partial charge in [-0.3, -0.25) is 0 Å². The van der Waals surface area contributed by atoms with Gasteiger partial charge in [0.15, 0.2) is 0 Å². The normalized spacial score (nSPS) is 17.8. The van der Waals surface area contributed by atoms with Gasteiger partial charge < -0.3 is 9.84 Å². The first-order valence-electron chi connectivity index (χ1n) is 4.74. The molecule has 0 amide bonds. The van der Waals surface area contributed by atoms with Gasteiger partial charge in [0.05, 0.1) is 11.2 Å². The van der Waals surface area contributed by atoms with Crippen molar-refractivity contribution in [2.24, 2.45) is 0 Å². The molecule has 0 bridgehead atoms. The predicted molar refractivity (Wildman–Crippen MR) is 56.1 cm³/mol. The summed E-state index contributed by atoms with van der Waals surface area (Å²) in [7, 11) is 0. The molecular weight excluding hydrogens is 192 g/mol. The molecular formula is C12H12O3. The number of esters is 1.